The summed E-state index contributed by atoms with van der Waals surface area (Å²) >= 11 is 0. The summed E-state index contributed by atoms with van der Waals surface area (Å²) < 4.78 is 4.77. The lowest BCUT2D eigenvalue weighted by Gasteiger charge is -2.07. The van der Waals surface area contributed by atoms with Crippen molar-refractivity contribution in [3.05, 3.63) is 0 Å². The van der Waals surface area contributed by atoms with E-state index in [-0.39, 0.29) is 18.4 Å². The molecule has 0 saturated heterocycles. The van der Waals surface area contributed by atoms with Crippen molar-refractivity contribution in [1.29, 1.82) is 0 Å². The average molecular weight is 216 g/mol. The van der Waals surface area contributed by atoms with Crippen LogP contribution in [0.2, 0.25) is 0 Å². The summed E-state index contributed by atoms with van der Waals surface area (Å²) in [6.45, 7) is 4.90. The van der Waals surface area contributed by atoms with E-state index in [2.05, 4.69) is 10.6 Å². The second-order valence-electron chi connectivity index (χ2n) is 3.72. The highest BCUT2D eigenvalue weighted by atomic mass is 16.5. The largest absolute Gasteiger partial charge is 0.383 e. The maximum Gasteiger partial charge on any atom is 0.239 e. The number of hydrogen-bond acceptors (Lipinski definition) is 3. The number of amides is 2. The fourth-order valence-electron chi connectivity index (χ4n) is 0.977. The highest BCUT2D eigenvalue weighted by molar-refractivity contribution is 5.84. The number of ether oxygens (including phenoxy) is 1. The molecule has 0 aromatic heterocycles. The molecule has 0 atom stereocenters. The minimum Gasteiger partial charge on any atom is -0.383 e. The van der Waals surface area contributed by atoms with Gasteiger partial charge in [-0.2, -0.15) is 0 Å². The Balaban J connectivity index is 3.49. The van der Waals surface area contributed by atoms with Crippen molar-refractivity contribution in [1.82, 2.24) is 10.6 Å². The van der Waals surface area contributed by atoms with Gasteiger partial charge in [0.05, 0.1) is 13.2 Å². The summed E-state index contributed by atoms with van der Waals surface area (Å²) in [5, 5.41) is 5.16. The lowest BCUT2D eigenvalue weighted by atomic mass is 10.1. The second-order valence-corrected chi connectivity index (χ2v) is 3.72. The molecule has 0 aliphatic carbocycles. The molecule has 0 rings (SSSR count). The van der Waals surface area contributed by atoms with Gasteiger partial charge in [-0.15, -0.1) is 0 Å². The Labute approximate surface area is 90.6 Å². The summed E-state index contributed by atoms with van der Waals surface area (Å²) in [6, 6.07) is 0. The molecule has 0 aliphatic heterocycles. The molecule has 0 aromatic carbocycles. The van der Waals surface area contributed by atoms with Crippen LogP contribution in [0.4, 0.5) is 0 Å². The second kappa shape index (κ2) is 8.23. The molecule has 0 saturated carbocycles. The van der Waals surface area contributed by atoms with Gasteiger partial charge in [0.15, 0.2) is 0 Å². The summed E-state index contributed by atoms with van der Waals surface area (Å²) in [5.41, 5.74) is 0. The molecule has 2 amide bonds. The Morgan fingerprint density at radius 2 is 1.87 bits per heavy atom. The average Bonchev–Trinajstić information content (AvgIpc) is 2.14. The van der Waals surface area contributed by atoms with Crippen LogP contribution < -0.4 is 10.6 Å². The standard InChI is InChI=1S/C10H20N2O3/c1-8(2)6-9(13)12-7-10(14)11-4-5-15-3/h8H,4-7H2,1-3H3,(H,11,14)(H,12,13). The van der Waals surface area contributed by atoms with Gasteiger partial charge in [-0.05, 0) is 5.92 Å². The molecule has 0 spiro atoms. The first kappa shape index (κ1) is 13.9. The zero-order chi connectivity index (χ0) is 11.7. The minimum atomic E-state index is -0.191. The number of nitrogens with one attached hydrogen (secondary N) is 2. The molecule has 0 heterocycles. The molecule has 2 N–H and O–H groups in total. The van der Waals surface area contributed by atoms with E-state index < -0.39 is 0 Å². The monoisotopic (exact) mass is 216 g/mol. The summed E-state index contributed by atoms with van der Waals surface area (Å²) in [5.74, 6) is 0.0256. The van der Waals surface area contributed by atoms with Crippen LogP contribution in [-0.4, -0.2) is 38.6 Å². The zero-order valence-electron chi connectivity index (χ0n) is 9.63. The molecule has 0 radical (unpaired) electrons. The molecule has 0 aromatic rings. The quantitative estimate of drug-likeness (QED) is 0.584. The van der Waals surface area contributed by atoms with Crippen LogP contribution in [0, 0.1) is 5.92 Å². The normalized spacial score (nSPS) is 10.1. The SMILES string of the molecule is COCCNC(=O)CNC(=O)CC(C)C. The first-order chi connectivity index (χ1) is 7.06. The molecule has 0 fully saturated rings. The number of hydrogen-bond donors (Lipinski definition) is 2. The number of carbonyl (C=O) groups is 2. The minimum absolute atomic E-state index is 0.0370. The van der Waals surface area contributed by atoms with Crippen molar-refractivity contribution in [2.75, 3.05) is 26.8 Å². The fourth-order valence-corrected chi connectivity index (χ4v) is 0.977. The Morgan fingerprint density at radius 3 is 2.40 bits per heavy atom. The third-order valence-electron chi connectivity index (χ3n) is 1.67. The highest BCUT2D eigenvalue weighted by Crippen LogP contribution is 1.97. The van der Waals surface area contributed by atoms with Gasteiger partial charge in [0.1, 0.15) is 0 Å². The summed E-state index contributed by atoms with van der Waals surface area (Å²) in [4.78, 5) is 22.3. The third-order valence-corrected chi connectivity index (χ3v) is 1.67. The van der Waals surface area contributed by atoms with Crippen molar-refractivity contribution in [3.63, 3.8) is 0 Å². The van der Waals surface area contributed by atoms with Crippen molar-refractivity contribution >= 4 is 11.8 Å². The maximum atomic E-state index is 11.2. The molecule has 5 heteroatoms. The van der Waals surface area contributed by atoms with E-state index in [4.69, 9.17) is 4.74 Å². The third kappa shape index (κ3) is 9.21. The van der Waals surface area contributed by atoms with Crippen LogP contribution >= 0.6 is 0 Å². The van der Waals surface area contributed by atoms with Crippen molar-refractivity contribution in [2.45, 2.75) is 20.3 Å². The van der Waals surface area contributed by atoms with Gasteiger partial charge in [0.25, 0.3) is 0 Å². The smallest absolute Gasteiger partial charge is 0.239 e. The summed E-state index contributed by atoms with van der Waals surface area (Å²) in [7, 11) is 1.57. The predicted octanol–water partition coefficient (Wildman–Crippen LogP) is -0.0887. The van der Waals surface area contributed by atoms with Gasteiger partial charge in [0.2, 0.25) is 11.8 Å². The predicted molar refractivity (Wildman–Crippen MR) is 57.4 cm³/mol. The molecule has 0 bridgehead atoms. The van der Waals surface area contributed by atoms with Crippen molar-refractivity contribution in [2.24, 2.45) is 5.92 Å². The van der Waals surface area contributed by atoms with Crippen LogP contribution in [0.15, 0.2) is 0 Å². The van der Waals surface area contributed by atoms with Crippen LogP contribution in [0.5, 0.6) is 0 Å². The molecule has 15 heavy (non-hydrogen) atoms. The Morgan fingerprint density at radius 1 is 1.20 bits per heavy atom. The first-order valence-corrected chi connectivity index (χ1v) is 5.08. The van der Waals surface area contributed by atoms with Gasteiger partial charge in [-0.1, -0.05) is 13.8 Å². The van der Waals surface area contributed by atoms with E-state index in [0.29, 0.717) is 25.5 Å². The number of methoxy groups -OCH3 is 1. The van der Waals surface area contributed by atoms with E-state index in [9.17, 15) is 9.59 Å². The molecule has 88 valence electrons. The van der Waals surface area contributed by atoms with Gasteiger partial charge >= 0.3 is 0 Å². The lowest BCUT2D eigenvalue weighted by molar-refractivity contribution is -0.126. The number of rotatable bonds is 7. The van der Waals surface area contributed by atoms with E-state index >= 15 is 0 Å². The van der Waals surface area contributed by atoms with E-state index in [1.54, 1.807) is 7.11 Å². The van der Waals surface area contributed by atoms with Gasteiger partial charge in [-0.3, -0.25) is 9.59 Å². The maximum absolute atomic E-state index is 11.2. The highest BCUT2D eigenvalue weighted by Gasteiger charge is 2.06. The first-order valence-electron chi connectivity index (χ1n) is 5.08. The molecular weight excluding hydrogens is 196 g/mol. The Kier molecular flexibility index (Phi) is 7.62. The molecule has 0 unspecified atom stereocenters. The van der Waals surface area contributed by atoms with Crippen LogP contribution in [-0.2, 0) is 14.3 Å². The molecular formula is C10H20N2O3. The van der Waals surface area contributed by atoms with Gasteiger partial charge in [-0.25, -0.2) is 0 Å². The van der Waals surface area contributed by atoms with Gasteiger partial charge in [0, 0.05) is 20.1 Å². The van der Waals surface area contributed by atoms with Gasteiger partial charge < -0.3 is 15.4 Å². The molecule has 0 aliphatic rings. The Hall–Kier alpha value is -1.10. The van der Waals surface area contributed by atoms with Crippen molar-refractivity contribution in [3.8, 4) is 0 Å². The van der Waals surface area contributed by atoms with Crippen LogP contribution in [0.3, 0.4) is 0 Å². The van der Waals surface area contributed by atoms with Crippen LogP contribution in [0.1, 0.15) is 20.3 Å². The topological polar surface area (TPSA) is 67.4 Å². The summed E-state index contributed by atoms with van der Waals surface area (Å²) in [6.07, 6.45) is 0.450. The molecule has 5 nitrogen and oxygen atoms in total. The lowest BCUT2D eigenvalue weighted by Crippen LogP contribution is -2.38. The van der Waals surface area contributed by atoms with E-state index in [1.165, 1.54) is 0 Å². The van der Waals surface area contributed by atoms with E-state index in [0.717, 1.165) is 0 Å². The zero-order valence-corrected chi connectivity index (χ0v) is 9.63. The Bertz CT molecular complexity index is 205. The van der Waals surface area contributed by atoms with Crippen LogP contribution in [0.25, 0.3) is 0 Å². The number of carbonyl (C=O) groups excluding carboxylic acids is 2. The van der Waals surface area contributed by atoms with Crippen molar-refractivity contribution < 1.29 is 14.3 Å². The fraction of sp³-hybridized carbons (Fsp3) is 0.800. The van der Waals surface area contributed by atoms with E-state index in [1.807, 2.05) is 13.8 Å².